The normalized spacial score (nSPS) is 19.0. The monoisotopic (exact) mass is 280 g/mol. The Bertz CT molecular complexity index is 592. The molecule has 0 spiro atoms. The highest BCUT2D eigenvalue weighted by molar-refractivity contribution is 7.15. The van der Waals surface area contributed by atoms with Gasteiger partial charge in [-0.1, -0.05) is 0 Å². The predicted octanol–water partition coefficient (Wildman–Crippen LogP) is 0.773. The van der Waals surface area contributed by atoms with Crippen LogP contribution in [0.2, 0.25) is 0 Å². The van der Waals surface area contributed by atoms with Crippen molar-refractivity contribution >= 4 is 22.2 Å². The van der Waals surface area contributed by atoms with E-state index in [2.05, 4.69) is 15.6 Å². The molecule has 19 heavy (non-hydrogen) atoms. The largest absolute Gasteiger partial charge is 0.480 e. The Morgan fingerprint density at radius 2 is 2.58 bits per heavy atom. The number of aromatic nitrogens is 2. The van der Waals surface area contributed by atoms with E-state index in [4.69, 9.17) is 4.74 Å². The summed E-state index contributed by atoms with van der Waals surface area (Å²) >= 11 is 1.58. The SMILES string of the molecule is COc1nc2sccn2c1CNCC1CCC(=O)N1. The Balaban J connectivity index is 1.64. The van der Waals surface area contributed by atoms with Crippen molar-refractivity contribution in [1.82, 2.24) is 20.0 Å². The second-order valence-electron chi connectivity index (χ2n) is 4.56. The maximum absolute atomic E-state index is 11.1. The summed E-state index contributed by atoms with van der Waals surface area (Å²) in [6, 6.07) is 0.240. The van der Waals surface area contributed by atoms with E-state index < -0.39 is 0 Å². The summed E-state index contributed by atoms with van der Waals surface area (Å²) in [5, 5.41) is 8.30. The van der Waals surface area contributed by atoms with E-state index >= 15 is 0 Å². The van der Waals surface area contributed by atoms with E-state index in [0.29, 0.717) is 18.8 Å². The van der Waals surface area contributed by atoms with Crippen LogP contribution in [0.5, 0.6) is 5.88 Å². The first-order valence-corrected chi connectivity index (χ1v) is 7.14. The lowest BCUT2D eigenvalue weighted by atomic mass is 10.2. The average molecular weight is 280 g/mol. The van der Waals surface area contributed by atoms with Crippen molar-refractivity contribution in [3.63, 3.8) is 0 Å². The number of carbonyl (C=O) groups is 1. The summed E-state index contributed by atoms with van der Waals surface area (Å²) in [7, 11) is 1.63. The van der Waals surface area contributed by atoms with Gasteiger partial charge in [0.1, 0.15) is 5.69 Å². The van der Waals surface area contributed by atoms with Crippen LogP contribution in [0.4, 0.5) is 0 Å². The van der Waals surface area contributed by atoms with Crippen molar-refractivity contribution in [3.05, 3.63) is 17.3 Å². The number of imidazole rings is 1. The fourth-order valence-electron chi connectivity index (χ4n) is 2.33. The number of fused-ring (bicyclic) bond motifs is 1. The van der Waals surface area contributed by atoms with Crippen LogP contribution in [0.1, 0.15) is 18.5 Å². The van der Waals surface area contributed by atoms with Gasteiger partial charge in [-0.05, 0) is 6.42 Å². The number of nitrogens with one attached hydrogen (secondary N) is 2. The average Bonchev–Trinajstić information content (AvgIpc) is 3.06. The maximum atomic E-state index is 11.1. The van der Waals surface area contributed by atoms with Crippen molar-refractivity contribution < 1.29 is 9.53 Å². The lowest BCUT2D eigenvalue weighted by Gasteiger charge is -2.11. The highest BCUT2D eigenvalue weighted by Gasteiger charge is 2.20. The van der Waals surface area contributed by atoms with Gasteiger partial charge in [0.2, 0.25) is 11.8 Å². The maximum Gasteiger partial charge on any atom is 0.237 e. The molecular formula is C12H16N4O2S. The lowest BCUT2D eigenvalue weighted by molar-refractivity contribution is -0.119. The van der Waals surface area contributed by atoms with Gasteiger partial charge in [-0.25, -0.2) is 0 Å². The smallest absolute Gasteiger partial charge is 0.237 e. The zero-order valence-electron chi connectivity index (χ0n) is 10.7. The molecule has 1 fully saturated rings. The summed E-state index contributed by atoms with van der Waals surface area (Å²) < 4.78 is 7.32. The van der Waals surface area contributed by atoms with Gasteiger partial charge in [0.05, 0.1) is 7.11 Å². The van der Waals surface area contributed by atoms with Crippen LogP contribution < -0.4 is 15.4 Å². The molecule has 0 aromatic carbocycles. The molecule has 1 aliphatic heterocycles. The first-order chi connectivity index (χ1) is 9.28. The van der Waals surface area contributed by atoms with Crippen molar-refractivity contribution in [3.8, 4) is 5.88 Å². The molecule has 102 valence electrons. The third-order valence-electron chi connectivity index (χ3n) is 3.29. The van der Waals surface area contributed by atoms with Gasteiger partial charge in [-0.3, -0.25) is 9.20 Å². The number of methoxy groups -OCH3 is 1. The first-order valence-electron chi connectivity index (χ1n) is 6.26. The van der Waals surface area contributed by atoms with E-state index in [0.717, 1.165) is 23.6 Å². The highest BCUT2D eigenvalue weighted by atomic mass is 32.1. The van der Waals surface area contributed by atoms with Crippen molar-refractivity contribution in [1.29, 1.82) is 0 Å². The minimum Gasteiger partial charge on any atom is -0.480 e. The molecule has 7 heteroatoms. The highest BCUT2D eigenvalue weighted by Crippen LogP contribution is 2.22. The quantitative estimate of drug-likeness (QED) is 0.849. The fourth-order valence-corrected chi connectivity index (χ4v) is 3.06. The summed E-state index contributed by atoms with van der Waals surface area (Å²) in [5.41, 5.74) is 1.02. The third-order valence-corrected chi connectivity index (χ3v) is 4.04. The molecular weight excluding hydrogens is 264 g/mol. The van der Waals surface area contributed by atoms with Crippen molar-refractivity contribution in [2.75, 3.05) is 13.7 Å². The van der Waals surface area contributed by atoms with Gasteiger partial charge in [-0.2, -0.15) is 4.98 Å². The standard InChI is InChI=1S/C12H16N4O2S/c1-18-11-9(16-4-5-19-12(16)15-11)7-13-6-8-2-3-10(17)14-8/h4-5,8,13H,2-3,6-7H2,1H3,(H,14,17). The number of hydrogen-bond donors (Lipinski definition) is 2. The van der Waals surface area contributed by atoms with Gasteiger partial charge in [-0.15, -0.1) is 11.3 Å². The number of ether oxygens (including phenoxy) is 1. The molecule has 2 aromatic rings. The van der Waals surface area contributed by atoms with Crippen LogP contribution in [0.25, 0.3) is 4.96 Å². The molecule has 6 nitrogen and oxygen atoms in total. The number of carbonyl (C=O) groups excluding carboxylic acids is 1. The summed E-state index contributed by atoms with van der Waals surface area (Å²) in [6.45, 7) is 1.44. The second kappa shape index (κ2) is 5.18. The molecule has 0 bridgehead atoms. The van der Waals surface area contributed by atoms with Gasteiger partial charge in [0.25, 0.3) is 0 Å². The third kappa shape index (κ3) is 2.43. The molecule has 2 aromatic heterocycles. The van der Waals surface area contributed by atoms with E-state index in [1.807, 2.05) is 16.0 Å². The molecule has 0 saturated carbocycles. The Labute approximate surface area is 114 Å². The fraction of sp³-hybridized carbons (Fsp3) is 0.500. The van der Waals surface area contributed by atoms with E-state index in [9.17, 15) is 4.79 Å². The van der Waals surface area contributed by atoms with Crippen LogP contribution in [-0.2, 0) is 11.3 Å². The Kier molecular flexibility index (Phi) is 3.39. The summed E-state index contributed by atoms with van der Waals surface area (Å²) in [6.07, 6.45) is 3.53. The van der Waals surface area contributed by atoms with Crippen LogP contribution in [-0.4, -0.2) is 35.0 Å². The Morgan fingerprint density at radius 3 is 3.32 bits per heavy atom. The second-order valence-corrected chi connectivity index (χ2v) is 5.43. The first kappa shape index (κ1) is 12.4. The molecule has 3 heterocycles. The van der Waals surface area contributed by atoms with E-state index in [1.165, 1.54) is 0 Å². The zero-order valence-corrected chi connectivity index (χ0v) is 11.5. The predicted molar refractivity (Wildman–Crippen MR) is 72.5 cm³/mol. The summed E-state index contributed by atoms with van der Waals surface area (Å²) in [4.78, 5) is 16.5. The number of rotatable bonds is 5. The lowest BCUT2D eigenvalue weighted by Crippen LogP contribution is -2.35. The molecule has 1 unspecified atom stereocenters. The van der Waals surface area contributed by atoms with E-state index in [1.54, 1.807) is 18.4 Å². The topological polar surface area (TPSA) is 67.7 Å². The van der Waals surface area contributed by atoms with Crippen LogP contribution in [0.3, 0.4) is 0 Å². The number of thiazole rings is 1. The molecule has 1 aliphatic rings. The van der Waals surface area contributed by atoms with Crippen LogP contribution in [0.15, 0.2) is 11.6 Å². The number of nitrogens with zero attached hydrogens (tertiary/aromatic N) is 2. The van der Waals surface area contributed by atoms with Crippen LogP contribution in [0, 0.1) is 0 Å². The van der Waals surface area contributed by atoms with Crippen molar-refractivity contribution in [2.45, 2.75) is 25.4 Å². The van der Waals surface area contributed by atoms with E-state index in [-0.39, 0.29) is 11.9 Å². The molecule has 0 aliphatic carbocycles. The Morgan fingerprint density at radius 1 is 1.68 bits per heavy atom. The molecule has 3 rings (SSSR count). The minimum atomic E-state index is 0.147. The van der Waals surface area contributed by atoms with Crippen LogP contribution >= 0.6 is 11.3 Å². The minimum absolute atomic E-state index is 0.147. The number of amides is 1. The van der Waals surface area contributed by atoms with Gasteiger partial charge >= 0.3 is 0 Å². The molecule has 0 radical (unpaired) electrons. The summed E-state index contributed by atoms with van der Waals surface area (Å²) in [5.74, 6) is 0.809. The van der Waals surface area contributed by atoms with Gasteiger partial charge < -0.3 is 15.4 Å². The molecule has 2 N–H and O–H groups in total. The van der Waals surface area contributed by atoms with Crippen molar-refractivity contribution in [2.24, 2.45) is 0 Å². The Hall–Kier alpha value is -1.60. The molecule has 1 atom stereocenters. The van der Waals surface area contributed by atoms with Gasteiger partial charge in [0, 0.05) is 37.1 Å². The molecule has 1 amide bonds. The van der Waals surface area contributed by atoms with Gasteiger partial charge in [0.15, 0.2) is 4.96 Å². The molecule has 1 saturated heterocycles. The number of hydrogen-bond acceptors (Lipinski definition) is 5. The zero-order chi connectivity index (χ0) is 13.2.